The summed E-state index contributed by atoms with van der Waals surface area (Å²) >= 11 is 0. The molecule has 0 saturated heterocycles. The number of hydrogen-bond donors (Lipinski definition) is 3. The van der Waals surface area contributed by atoms with Gasteiger partial charge >= 0.3 is 0 Å². The van der Waals surface area contributed by atoms with Crippen LogP contribution in [0.2, 0.25) is 0 Å². The van der Waals surface area contributed by atoms with E-state index >= 15 is 0 Å². The molecule has 1 unspecified atom stereocenters. The third-order valence-electron chi connectivity index (χ3n) is 5.08. The van der Waals surface area contributed by atoms with Gasteiger partial charge in [0.05, 0.1) is 5.56 Å². The molecule has 3 rings (SSSR count). The van der Waals surface area contributed by atoms with Crippen LogP contribution >= 0.6 is 0 Å². The number of nitrogens with zero attached hydrogens (tertiary/aromatic N) is 1. The van der Waals surface area contributed by atoms with E-state index in [4.69, 9.17) is 0 Å². The Bertz CT molecular complexity index is 844. The number of phenols is 2. The molecular formula is C21H25NO4. The zero-order valence-electron chi connectivity index (χ0n) is 15.4. The predicted octanol–water partition coefficient (Wildman–Crippen LogP) is 3.47. The molecule has 1 aliphatic rings. The second-order valence-corrected chi connectivity index (χ2v) is 7.36. The van der Waals surface area contributed by atoms with E-state index in [0.717, 1.165) is 16.7 Å². The Labute approximate surface area is 153 Å². The van der Waals surface area contributed by atoms with E-state index in [1.807, 2.05) is 39.0 Å². The topological polar surface area (TPSA) is 81.0 Å². The number of rotatable bonds is 4. The summed E-state index contributed by atoms with van der Waals surface area (Å²) in [5, 5.41) is 29.5. The number of amides is 1. The number of carbonyl (C=O) groups is 1. The first-order chi connectivity index (χ1) is 12.3. The van der Waals surface area contributed by atoms with Gasteiger partial charge in [-0.1, -0.05) is 39.0 Å². The normalized spacial score (nSPS) is 14.6. The fourth-order valence-corrected chi connectivity index (χ4v) is 3.37. The quantitative estimate of drug-likeness (QED) is 0.784. The molecule has 1 heterocycles. The zero-order valence-corrected chi connectivity index (χ0v) is 15.4. The molecule has 5 heteroatoms. The summed E-state index contributed by atoms with van der Waals surface area (Å²) in [6.07, 6.45) is 0. The molecule has 2 aromatic carbocycles. The number of aliphatic hydroxyl groups excluding tert-OH is 1. The van der Waals surface area contributed by atoms with Crippen molar-refractivity contribution in [2.24, 2.45) is 0 Å². The maximum atomic E-state index is 12.9. The monoisotopic (exact) mass is 355 g/mol. The molecule has 0 radical (unpaired) electrons. The first-order valence-corrected chi connectivity index (χ1v) is 8.89. The van der Waals surface area contributed by atoms with Crippen molar-refractivity contribution in [1.29, 1.82) is 0 Å². The summed E-state index contributed by atoms with van der Waals surface area (Å²) < 4.78 is 0. The van der Waals surface area contributed by atoms with Crippen LogP contribution in [-0.2, 0) is 13.1 Å². The fourth-order valence-electron chi connectivity index (χ4n) is 3.37. The molecule has 26 heavy (non-hydrogen) atoms. The highest BCUT2D eigenvalue weighted by Crippen LogP contribution is 2.34. The molecule has 3 N–H and O–H groups in total. The highest BCUT2D eigenvalue weighted by molar-refractivity contribution is 5.97. The van der Waals surface area contributed by atoms with E-state index in [0.29, 0.717) is 18.7 Å². The van der Waals surface area contributed by atoms with Crippen molar-refractivity contribution in [3.8, 4) is 11.5 Å². The Hall–Kier alpha value is -2.53. The van der Waals surface area contributed by atoms with E-state index in [1.54, 1.807) is 11.0 Å². The summed E-state index contributed by atoms with van der Waals surface area (Å²) in [5.74, 6) is -0.360. The Morgan fingerprint density at radius 2 is 1.73 bits per heavy atom. The van der Waals surface area contributed by atoms with Gasteiger partial charge in [0.1, 0.15) is 11.5 Å². The van der Waals surface area contributed by atoms with Gasteiger partial charge < -0.3 is 20.2 Å². The van der Waals surface area contributed by atoms with Crippen molar-refractivity contribution >= 4 is 5.91 Å². The minimum absolute atomic E-state index is 0.00129. The molecule has 0 spiro atoms. The van der Waals surface area contributed by atoms with E-state index < -0.39 is 0 Å². The summed E-state index contributed by atoms with van der Waals surface area (Å²) in [6, 6.07) is 8.86. The molecule has 0 aromatic heterocycles. The summed E-state index contributed by atoms with van der Waals surface area (Å²) in [7, 11) is 0. The van der Waals surface area contributed by atoms with Gasteiger partial charge in [0.25, 0.3) is 5.91 Å². The van der Waals surface area contributed by atoms with E-state index in [9.17, 15) is 20.1 Å². The lowest BCUT2D eigenvalue weighted by atomic mass is 9.98. The highest BCUT2D eigenvalue weighted by atomic mass is 16.3. The minimum atomic E-state index is -0.252. The van der Waals surface area contributed by atoms with E-state index in [-0.39, 0.29) is 41.4 Å². The second kappa shape index (κ2) is 7.00. The predicted molar refractivity (Wildman–Crippen MR) is 99.4 cm³/mol. The van der Waals surface area contributed by atoms with Gasteiger partial charge in [0.15, 0.2) is 0 Å². The lowest BCUT2D eigenvalue weighted by molar-refractivity contribution is 0.0748. The maximum Gasteiger partial charge on any atom is 0.258 e. The summed E-state index contributed by atoms with van der Waals surface area (Å²) in [4.78, 5) is 14.6. The molecule has 1 amide bonds. The van der Waals surface area contributed by atoms with Crippen LogP contribution in [0.5, 0.6) is 11.5 Å². The van der Waals surface area contributed by atoms with Crippen LogP contribution in [0.15, 0.2) is 30.3 Å². The standard InChI is InChI=1S/C21H25NO4/c1-12(2)17-7-18(20(25)8-19(17)24)21(26)22-9-15-5-4-14(13(3)11-23)6-16(15)10-22/h4-8,12-13,23-25H,9-11H2,1-3H3. The summed E-state index contributed by atoms with van der Waals surface area (Å²) in [6.45, 7) is 6.85. The molecule has 1 aliphatic heterocycles. The third kappa shape index (κ3) is 3.27. The largest absolute Gasteiger partial charge is 0.508 e. The molecule has 0 saturated carbocycles. The van der Waals surface area contributed by atoms with Gasteiger partial charge in [-0.2, -0.15) is 0 Å². The lowest BCUT2D eigenvalue weighted by Gasteiger charge is -2.18. The molecule has 138 valence electrons. The Kier molecular flexibility index (Phi) is 4.92. The van der Waals surface area contributed by atoms with Crippen LogP contribution in [0.25, 0.3) is 0 Å². The van der Waals surface area contributed by atoms with Crippen LogP contribution in [0, 0.1) is 0 Å². The van der Waals surface area contributed by atoms with Crippen molar-refractivity contribution in [2.75, 3.05) is 6.61 Å². The van der Waals surface area contributed by atoms with Crippen molar-refractivity contribution in [3.63, 3.8) is 0 Å². The average molecular weight is 355 g/mol. The first kappa shape index (κ1) is 18.3. The zero-order chi connectivity index (χ0) is 19.0. The molecule has 1 atom stereocenters. The van der Waals surface area contributed by atoms with E-state index in [1.165, 1.54) is 6.07 Å². The van der Waals surface area contributed by atoms with Gasteiger partial charge in [0.2, 0.25) is 0 Å². The van der Waals surface area contributed by atoms with Gasteiger partial charge in [0, 0.05) is 31.7 Å². The maximum absolute atomic E-state index is 12.9. The van der Waals surface area contributed by atoms with Crippen LogP contribution in [-0.4, -0.2) is 32.7 Å². The van der Waals surface area contributed by atoms with Crippen molar-refractivity contribution in [1.82, 2.24) is 4.90 Å². The SMILES string of the molecule is CC(C)c1cc(C(=O)N2Cc3ccc(C(C)CO)cc3C2)c(O)cc1O. The van der Waals surface area contributed by atoms with Crippen LogP contribution in [0.1, 0.15) is 65.2 Å². The first-order valence-electron chi connectivity index (χ1n) is 8.89. The van der Waals surface area contributed by atoms with Gasteiger partial charge in [-0.3, -0.25) is 4.79 Å². The van der Waals surface area contributed by atoms with Gasteiger partial charge in [-0.05, 0) is 34.2 Å². The lowest BCUT2D eigenvalue weighted by Crippen LogP contribution is -2.25. The number of benzene rings is 2. The van der Waals surface area contributed by atoms with Gasteiger partial charge in [-0.15, -0.1) is 0 Å². The molecule has 2 aromatic rings. The number of aliphatic hydroxyl groups is 1. The highest BCUT2D eigenvalue weighted by Gasteiger charge is 2.27. The van der Waals surface area contributed by atoms with Crippen LogP contribution < -0.4 is 0 Å². The second-order valence-electron chi connectivity index (χ2n) is 7.36. The van der Waals surface area contributed by atoms with Gasteiger partial charge in [-0.25, -0.2) is 0 Å². The Balaban J connectivity index is 1.87. The number of phenolic OH excluding ortho intramolecular Hbond substituents is 2. The van der Waals surface area contributed by atoms with Crippen LogP contribution in [0.3, 0.4) is 0 Å². The Morgan fingerprint density at radius 1 is 1.04 bits per heavy atom. The molecular weight excluding hydrogens is 330 g/mol. The van der Waals surface area contributed by atoms with E-state index in [2.05, 4.69) is 0 Å². The minimum Gasteiger partial charge on any atom is -0.508 e. The summed E-state index contributed by atoms with van der Waals surface area (Å²) in [5.41, 5.74) is 4.05. The Morgan fingerprint density at radius 3 is 2.38 bits per heavy atom. The van der Waals surface area contributed by atoms with Crippen molar-refractivity contribution in [2.45, 2.75) is 45.7 Å². The van der Waals surface area contributed by atoms with Crippen molar-refractivity contribution < 1.29 is 20.1 Å². The number of fused-ring (bicyclic) bond motifs is 1. The number of carbonyl (C=O) groups excluding carboxylic acids is 1. The number of aromatic hydroxyl groups is 2. The van der Waals surface area contributed by atoms with Crippen molar-refractivity contribution in [3.05, 3.63) is 58.1 Å². The smallest absolute Gasteiger partial charge is 0.258 e. The molecule has 0 fully saturated rings. The van der Waals surface area contributed by atoms with Crippen LogP contribution in [0.4, 0.5) is 0 Å². The average Bonchev–Trinajstić information content (AvgIpc) is 3.03. The molecule has 5 nitrogen and oxygen atoms in total. The molecule has 0 bridgehead atoms. The molecule has 0 aliphatic carbocycles. The fraction of sp³-hybridized carbons (Fsp3) is 0.381. The number of hydrogen-bond acceptors (Lipinski definition) is 4. The third-order valence-corrected chi connectivity index (χ3v) is 5.08.